The maximum atomic E-state index is 12.0. The molecule has 5 nitrogen and oxygen atoms in total. The third-order valence-corrected chi connectivity index (χ3v) is 3.52. The van der Waals surface area contributed by atoms with E-state index in [1.165, 1.54) is 0 Å². The fourth-order valence-corrected chi connectivity index (χ4v) is 2.63. The first-order valence-electron chi connectivity index (χ1n) is 5.96. The zero-order valence-corrected chi connectivity index (χ0v) is 10.1. The van der Waals surface area contributed by atoms with Crippen molar-refractivity contribution in [1.29, 1.82) is 0 Å². The summed E-state index contributed by atoms with van der Waals surface area (Å²) in [5, 5.41) is 0. The van der Waals surface area contributed by atoms with Gasteiger partial charge in [-0.25, -0.2) is 0 Å². The first-order valence-corrected chi connectivity index (χ1v) is 5.96. The molecule has 2 aliphatic rings. The monoisotopic (exact) mass is 246 g/mol. The summed E-state index contributed by atoms with van der Waals surface area (Å²) in [7, 11) is 1.60. The van der Waals surface area contributed by atoms with Crippen LogP contribution < -0.4 is 9.64 Å². The maximum absolute atomic E-state index is 12.0. The first-order chi connectivity index (χ1) is 8.70. The van der Waals surface area contributed by atoms with Gasteiger partial charge in [0, 0.05) is 12.1 Å². The van der Waals surface area contributed by atoms with Crippen LogP contribution in [0.15, 0.2) is 24.3 Å². The third kappa shape index (κ3) is 1.54. The summed E-state index contributed by atoms with van der Waals surface area (Å²) >= 11 is 0. The Morgan fingerprint density at radius 2 is 1.89 bits per heavy atom. The zero-order chi connectivity index (χ0) is 12.7. The molecule has 0 N–H and O–H groups in total. The highest BCUT2D eigenvalue weighted by Gasteiger charge is 2.45. The molecule has 5 heteroatoms. The number of carbonyl (C=O) groups excluding carboxylic acids is 2. The summed E-state index contributed by atoms with van der Waals surface area (Å²) in [6.07, 6.45) is 1.15. The third-order valence-electron chi connectivity index (χ3n) is 3.52. The fraction of sp³-hybridized carbons (Fsp3) is 0.385. The topological polar surface area (TPSA) is 49.9 Å². The van der Waals surface area contributed by atoms with E-state index < -0.39 is 0 Å². The van der Waals surface area contributed by atoms with Crippen molar-refractivity contribution < 1.29 is 14.3 Å². The van der Waals surface area contributed by atoms with Crippen molar-refractivity contribution in [2.75, 3.05) is 18.6 Å². The van der Waals surface area contributed by atoms with Crippen molar-refractivity contribution in [3.8, 4) is 5.75 Å². The Morgan fingerprint density at radius 3 is 2.56 bits per heavy atom. The van der Waals surface area contributed by atoms with E-state index >= 15 is 0 Å². The smallest absolute Gasteiger partial charge is 0.248 e. The summed E-state index contributed by atoms with van der Waals surface area (Å²) in [5.41, 5.74) is 0.822. The molecule has 94 valence electrons. The molecule has 1 aromatic carbocycles. The van der Waals surface area contributed by atoms with Gasteiger partial charge in [0.15, 0.2) is 0 Å². The minimum atomic E-state index is -0.0987. The standard InChI is InChI=1S/C13H14N2O3/c1-18-10-4-2-9(3-5-10)15-11-6-7-12(16)14(11)8-13(15)17/h2-5,11H,6-8H2,1H3. The molecule has 1 atom stereocenters. The van der Waals surface area contributed by atoms with Gasteiger partial charge in [-0.15, -0.1) is 0 Å². The molecule has 3 rings (SSSR count). The molecule has 2 saturated heterocycles. The van der Waals surface area contributed by atoms with E-state index in [1.54, 1.807) is 16.9 Å². The summed E-state index contributed by atoms with van der Waals surface area (Å²) in [5.74, 6) is 0.812. The predicted octanol–water partition coefficient (Wildman–Crippen LogP) is 0.990. The Balaban J connectivity index is 1.90. The van der Waals surface area contributed by atoms with Gasteiger partial charge >= 0.3 is 0 Å². The second-order valence-corrected chi connectivity index (χ2v) is 4.50. The summed E-state index contributed by atoms with van der Waals surface area (Å²) < 4.78 is 5.09. The van der Waals surface area contributed by atoms with E-state index in [2.05, 4.69) is 0 Å². The highest BCUT2D eigenvalue weighted by molar-refractivity contribution is 6.02. The lowest BCUT2D eigenvalue weighted by atomic mass is 10.2. The van der Waals surface area contributed by atoms with Gasteiger partial charge in [-0.05, 0) is 30.7 Å². The number of rotatable bonds is 2. The van der Waals surface area contributed by atoms with Crippen LogP contribution in [-0.4, -0.2) is 36.5 Å². The normalized spacial score (nSPS) is 22.6. The molecule has 0 aliphatic carbocycles. The molecule has 0 bridgehead atoms. The van der Waals surface area contributed by atoms with Crippen molar-refractivity contribution >= 4 is 17.5 Å². The Labute approximate surface area is 105 Å². The van der Waals surface area contributed by atoms with Gasteiger partial charge in [0.25, 0.3) is 0 Å². The van der Waals surface area contributed by atoms with Crippen LogP contribution in [0.3, 0.4) is 0 Å². The lowest BCUT2D eigenvalue weighted by Crippen LogP contribution is -2.36. The number of anilines is 1. The summed E-state index contributed by atoms with van der Waals surface area (Å²) in [6, 6.07) is 7.34. The van der Waals surface area contributed by atoms with E-state index in [1.807, 2.05) is 24.3 Å². The number of fused-ring (bicyclic) bond motifs is 1. The Kier molecular flexibility index (Phi) is 2.47. The van der Waals surface area contributed by atoms with Crippen LogP contribution in [0.5, 0.6) is 5.75 Å². The number of carbonyl (C=O) groups is 2. The second kappa shape index (κ2) is 4.01. The van der Waals surface area contributed by atoms with Crippen LogP contribution >= 0.6 is 0 Å². The van der Waals surface area contributed by atoms with Crippen LogP contribution in [-0.2, 0) is 9.59 Å². The second-order valence-electron chi connectivity index (χ2n) is 4.50. The van der Waals surface area contributed by atoms with Gasteiger partial charge in [0.1, 0.15) is 18.5 Å². The molecular weight excluding hydrogens is 232 g/mol. The van der Waals surface area contributed by atoms with Gasteiger partial charge in [-0.2, -0.15) is 0 Å². The van der Waals surface area contributed by atoms with Gasteiger partial charge < -0.3 is 9.64 Å². The predicted molar refractivity (Wildman–Crippen MR) is 65.2 cm³/mol. The molecule has 1 aromatic rings. The summed E-state index contributed by atoms with van der Waals surface area (Å²) in [4.78, 5) is 27.0. The quantitative estimate of drug-likeness (QED) is 0.782. The van der Waals surface area contributed by atoms with Crippen LogP contribution in [0.1, 0.15) is 12.8 Å². The number of nitrogens with zero attached hydrogens (tertiary/aromatic N) is 2. The van der Waals surface area contributed by atoms with Crippen molar-refractivity contribution in [3.05, 3.63) is 24.3 Å². The van der Waals surface area contributed by atoms with Crippen LogP contribution in [0.2, 0.25) is 0 Å². The lowest BCUT2D eigenvalue weighted by molar-refractivity contribution is -0.129. The lowest BCUT2D eigenvalue weighted by Gasteiger charge is -2.24. The number of hydrogen-bond acceptors (Lipinski definition) is 3. The molecule has 2 amide bonds. The average molecular weight is 246 g/mol. The van der Waals surface area contributed by atoms with Crippen molar-refractivity contribution in [3.63, 3.8) is 0 Å². The minimum absolute atomic E-state index is 0.0155. The highest BCUT2D eigenvalue weighted by atomic mass is 16.5. The maximum Gasteiger partial charge on any atom is 0.248 e. The Morgan fingerprint density at radius 1 is 1.17 bits per heavy atom. The molecule has 0 aromatic heterocycles. The summed E-state index contributed by atoms with van der Waals surface area (Å²) in [6.45, 7) is 0.204. The minimum Gasteiger partial charge on any atom is -0.497 e. The van der Waals surface area contributed by atoms with Gasteiger partial charge in [-0.1, -0.05) is 0 Å². The molecule has 0 spiro atoms. The molecule has 18 heavy (non-hydrogen) atoms. The molecule has 2 fully saturated rings. The molecule has 0 saturated carbocycles. The Hall–Kier alpha value is -2.04. The number of amides is 2. The van der Waals surface area contributed by atoms with E-state index in [4.69, 9.17) is 4.74 Å². The number of hydrogen-bond donors (Lipinski definition) is 0. The highest BCUT2D eigenvalue weighted by Crippen LogP contribution is 2.32. The largest absolute Gasteiger partial charge is 0.497 e. The van der Waals surface area contributed by atoms with E-state index in [0.29, 0.717) is 6.42 Å². The molecule has 2 aliphatic heterocycles. The van der Waals surface area contributed by atoms with Crippen molar-refractivity contribution in [2.24, 2.45) is 0 Å². The van der Waals surface area contributed by atoms with Crippen molar-refractivity contribution in [1.82, 2.24) is 4.90 Å². The molecular formula is C13H14N2O3. The van der Waals surface area contributed by atoms with Crippen LogP contribution in [0.4, 0.5) is 5.69 Å². The van der Waals surface area contributed by atoms with Gasteiger partial charge in [-0.3, -0.25) is 14.5 Å². The molecule has 1 unspecified atom stereocenters. The fourth-order valence-electron chi connectivity index (χ4n) is 2.63. The number of ether oxygens (including phenoxy) is 1. The first kappa shape index (κ1) is 11.1. The SMILES string of the molecule is COc1ccc(N2C(=O)CN3C(=O)CCC32)cc1. The molecule has 2 heterocycles. The Bertz CT molecular complexity index is 497. The van der Waals surface area contributed by atoms with Gasteiger partial charge in [0.05, 0.1) is 7.11 Å². The van der Waals surface area contributed by atoms with Crippen LogP contribution in [0, 0.1) is 0 Å². The van der Waals surface area contributed by atoms with E-state index in [9.17, 15) is 9.59 Å². The average Bonchev–Trinajstić information content (AvgIpc) is 2.89. The number of methoxy groups -OCH3 is 1. The van der Waals surface area contributed by atoms with Crippen molar-refractivity contribution in [2.45, 2.75) is 19.0 Å². The van der Waals surface area contributed by atoms with Crippen LogP contribution in [0.25, 0.3) is 0 Å². The number of benzene rings is 1. The van der Waals surface area contributed by atoms with Gasteiger partial charge in [0.2, 0.25) is 11.8 Å². The zero-order valence-electron chi connectivity index (χ0n) is 10.1. The molecule has 0 radical (unpaired) electrons. The van der Waals surface area contributed by atoms with E-state index in [0.717, 1.165) is 17.9 Å². The van der Waals surface area contributed by atoms with E-state index in [-0.39, 0.29) is 24.5 Å².